The van der Waals surface area contributed by atoms with E-state index in [-0.39, 0.29) is 23.8 Å². The minimum absolute atomic E-state index is 0.110. The fourth-order valence-corrected chi connectivity index (χ4v) is 7.40. The summed E-state index contributed by atoms with van der Waals surface area (Å²) in [5.74, 6) is -2.72. The maximum atomic E-state index is 13.0. The van der Waals surface area contributed by atoms with Crippen molar-refractivity contribution in [2.45, 2.75) is 176 Å². The molecule has 5 unspecified atom stereocenters. The van der Waals surface area contributed by atoms with Crippen molar-refractivity contribution in [3.8, 4) is 0 Å². The molecule has 0 saturated carbocycles. The molecule has 0 bridgehead atoms. The minimum Gasteiger partial charge on any atom is -0.453 e. The first-order valence-electron chi connectivity index (χ1n) is 26.4. The van der Waals surface area contributed by atoms with Crippen molar-refractivity contribution in [2.24, 2.45) is 0 Å². The number of hydrogen-bond donors (Lipinski definition) is 6. The Balaban J connectivity index is 1.29. The van der Waals surface area contributed by atoms with Gasteiger partial charge in [-0.2, -0.15) is 0 Å². The zero-order valence-corrected chi connectivity index (χ0v) is 46.9. The van der Waals surface area contributed by atoms with Crippen LogP contribution in [-0.4, -0.2) is 122 Å². The van der Waals surface area contributed by atoms with Crippen molar-refractivity contribution < 1.29 is 66.8 Å². The van der Waals surface area contributed by atoms with Crippen molar-refractivity contribution in [2.75, 3.05) is 47.6 Å². The standard InChI is InChI=1S/C57H82N6O14/c1-13-37(4)75-41(8)53(69)77-39(6)49(65)57(11,12)73-35-19-15-17-33-59-55(71)63-47-30-26-45(27-31-47)61-51(67)43-22-20-42(21-23-43)50(66)60-44-24-28-46(29-25-44)62-54(70)58-32-16-14-18-34-72-56(9,10)48(64)38(5)76-52(68)40(7)74-36(2)3/h20-31,36-41H,13-19,32-35H2,1-12H3,(H,60,66)(H,61,67)(H2,58,62,70)(H2,59,63,71). The average molecular weight is 1080 g/mol. The van der Waals surface area contributed by atoms with Crippen LogP contribution in [0.25, 0.3) is 0 Å². The third-order valence-electron chi connectivity index (χ3n) is 12.0. The van der Waals surface area contributed by atoms with Gasteiger partial charge in [0.15, 0.2) is 24.4 Å². The Morgan fingerprint density at radius 3 is 1.12 bits per heavy atom. The average Bonchev–Trinajstić information content (AvgIpc) is 3.38. The van der Waals surface area contributed by atoms with Crippen LogP contribution in [0.4, 0.5) is 32.3 Å². The first-order chi connectivity index (χ1) is 36.3. The van der Waals surface area contributed by atoms with Gasteiger partial charge < -0.3 is 60.3 Å². The quantitative estimate of drug-likeness (QED) is 0.0245. The number of urea groups is 2. The van der Waals surface area contributed by atoms with E-state index in [2.05, 4.69) is 31.9 Å². The highest BCUT2D eigenvalue weighted by Gasteiger charge is 2.36. The first kappa shape index (κ1) is 64.5. The number of ether oxygens (including phenoxy) is 6. The monoisotopic (exact) mass is 1070 g/mol. The third-order valence-corrected chi connectivity index (χ3v) is 12.0. The predicted octanol–water partition coefficient (Wildman–Crippen LogP) is 9.38. The number of amides is 6. The van der Waals surface area contributed by atoms with Crippen molar-refractivity contribution in [1.29, 1.82) is 0 Å². The Labute approximate surface area is 453 Å². The molecule has 77 heavy (non-hydrogen) atoms. The molecule has 0 aliphatic heterocycles. The number of benzene rings is 3. The van der Waals surface area contributed by atoms with E-state index in [1.807, 2.05) is 13.8 Å². The van der Waals surface area contributed by atoms with Crippen LogP contribution in [0, 0.1) is 0 Å². The molecule has 20 nitrogen and oxygen atoms in total. The lowest BCUT2D eigenvalue weighted by Crippen LogP contribution is -2.44. The number of unbranched alkanes of at least 4 members (excludes halogenated alkanes) is 4. The second kappa shape index (κ2) is 32.1. The molecule has 0 aromatic heterocycles. The van der Waals surface area contributed by atoms with Crippen molar-refractivity contribution in [1.82, 2.24) is 10.6 Å². The normalized spacial score (nSPS) is 13.5. The number of Topliss-reactive ketones (excluding diaryl/α,β-unsaturated/α-hetero) is 2. The maximum Gasteiger partial charge on any atom is 0.335 e. The van der Waals surface area contributed by atoms with Crippen LogP contribution in [0.15, 0.2) is 72.8 Å². The molecular weight excluding hydrogens is 993 g/mol. The number of rotatable bonds is 33. The number of carbonyl (C=O) groups is 8. The zero-order chi connectivity index (χ0) is 57.3. The van der Waals surface area contributed by atoms with E-state index in [0.717, 1.165) is 19.3 Å². The molecule has 424 valence electrons. The SMILES string of the molecule is CCC(C)OC(C)C(=O)OC(C)C(=O)C(C)(C)OCCCCCNC(=O)Nc1ccc(NC(=O)c2ccc(C(=O)Nc3ccc(NC(=O)NCCCCCOC(C)(C)C(=O)C(C)OC(=O)C(C)OC(C)C)cc3)cc2)cc1. The van der Waals surface area contributed by atoms with Gasteiger partial charge in [-0.05, 0) is 194 Å². The van der Waals surface area contributed by atoms with Gasteiger partial charge in [0.1, 0.15) is 11.2 Å². The number of anilines is 4. The summed E-state index contributed by atoms with van der Waals surface area (Å²) < 4.78 is 33.3. The van der Waals surface area contributed by atoms with Crippen LogP contribution in [0.1, 0.15) is 149 Å². The van der Waals surface area contributed by atoms with Gasteiger partial charge in [0.2, 0.25) is 11.6 Å². The molecule has 0 fully saturated rings. The Morgan fingerprint density at radius 1 is 0.442 bits per heavy atom. The van der Waals surface area contributed by atoms with Crippen LogP contribution < -0.4 is 31.9 Å². The Kier molecular flexibility index (Phi) is 26.9. The molecule has 0 aliphatic rings. The van der Waals surface area contributed by atoms with Gasteiger partial charge in [0.25, 0.3) is 11.8 Å². The summed E-state index contributed by atoms with van der Waals surface area (Å²) in [6, 6.07) is 18.5. The van der Waals surface area contributed by atoms with Crippen molar-refractivity contribution >= 4 is 70.1 Å². The summed E-state index contributed by atoms with van der Waals surface area (Å²) in [4.78, 5) is 101. The molecule has 6 amide bonds. The molecule has 3 rings (SSSR count). The highest BCUT2D eigenvalue weighted by atomic mass is 16.6. The molecule has 5 atom stereocenters. The number of nitrogens with one attached hydrogen (secondary N) is 6. The smallest absolute Gasteiger partial charge is 0.335 e. The number of esters is 2. The molecule has 0 aliphatic carbocycles. The molecule has 0 heterocycles. The molecule has 0 spiro atoms. The van der Waals surface area contributed by atoms with Gasteiger partial charge in [-0.25, -0.2) is 19.2 Å². The van der Waals surface area contributed by atoms with Gasteiger partial charge in [-0.15, -0.1) is 0 Å². The fourth-order valence-electron chi connectivity index (χ4n) is 7.40. The van der Waals surface area contributed by atoms with Crippen LogP contribution in [0.5, 0.6) is 0 Å². The Hall–Kier alpha value is -6.74. The predicted molar refractivity (Wildman–Crippen MR) is 294 cm³/mol. The van der Waals surface area contributed by atoms with Gasteiger partial charge in [-0.3, -0.25) is 19.2 Å². The molecule has 3 aromatic rings. The van der Waals surface area contributed by atoms with E-state index in [9.17, 15) is 38.4 Å². The van der Waals surface area contributed by atoms with E-state index in [4.69, 9.17) is 28.4 Å². The lowest BCUT2D eigenvalue weighted by molar-refractivity contribution is -0.172. The van der Waals surface area contributed by atoms with Gasteiger partial charge >= 0.3 is 24.0 Å². The summed E-state index contributed by atoms with van der Waals surface area (Å²) >= 11 is 0. The zero-order valence-electron chi connectivity index (χ0n) is 46.9. The molecule has 0 saturated heterocycles. The van der Waals surface area contributed by atoms with Gasteiger partial charge in [0, 0.05) is 60.2 Å². The van der Waals surface area contributed by atoms with E-state index in [1.165, 1.54) is 38.1 Å². The number of hydrogen-bond acceptors (Lipinski definition) is 14. The van der Waals surface area contributed by atoms with Gasteiger partial charge in [-0.1, -0.05) is 6.92 Å². The summed E-state index contributed by atoms with van der Waals surface area (Å²) in [6.07, 6.45) is 1.02. The molecule has 3 aromatic carbocycles. The lowest BCUT2D eigenvalue weighted by atomic mass is 9.99. The Bertz CT molecular complexity index is 2390. The van der Waals surface area contributed by atoms with Crippen LogP contribution in [0.2, 0.25) is 0 Å². The van der Waals surface area contributed by atoms with E-state index >= 15 is 0 Å². The van der Waals surface area contributed by atoms with Gasteiger partial charge in [0.05, 0.1) is 12.2 Å². The first-order valence-corrected chi connectivity index (χ1v) is 26.4. The lowest BCUT2D eigenvalue weighted by Gasteiger charge is -2.27. The van der Waals surface area contributed by atoms with Crippen LogP contribution >= 0.6 is 0 Å². The fraction of sp³-hybridized carbons (Fsp3) is 0.544. The molecule has 6 N–H and O–H groups in total. The second-order valence-electron chi connectivity index (χ2n) is 20.0. The summed E-state index contributed by atoms with van der Waals surface area (Å²) in [6.45, 7) is 21.6. The number of carbonyl (C=O) groups excluding carboxylic acids is 8. The third kappa shape index (κ3) is 23.6. The van der Waals surface area contributed by atoms with E-state index in [0.29, 0.717) is 85.9 Å². The summed E-state index contributed by atoms with van der Waals surface area (Å²) in [5.41, 5.74) is 0.344. The molecular formula is C57H82N6O14. The molecule has 0 radical (unpaired) electrons. The largest absolute Gasteiger partial charge is 0.453 e. The second-order valence-corrected chi connectivity index (χ2v) is 20.0. The number of ketones is 2. The topological polar surface area (TPSA) is 264 Å². The van der Waals surface area contributed by atoms with Crippen LogP contribution in [0.3, 0.4) is 0 Å². The minimum atomic E-state index is -1.16. The van der Waals surface area contributed by atoms with E-state index < -0.39 is 71.4 Å². The van der Waals surface area contributed by atoms with E-state index in [1.54, 1.807) is 104 Å². The van der Waals surface area contributed by atoms with Crippen molar-refractivity contribution in [3.05, 3.63) is 83.9 Å². The maximum absolute atomic E-state index is 13.0. The highest BCUT2D eigenvalue weighted by Crippen LogP contribution is 2.21. The summed E-state index contributed by atoms with van der Waals surface area (Å²) in [5, 5.41) is 16.7. The van der Waals surface area contributed by atoms with Crippen molar-refractivity contribution in [3.63, 3.8) is 0 Å². The summed E-state index contributed by atoms with van der Waals surface area (Å²) in [7, 11) is 0. The highest BCUT2D eigenvalue weighted by molar-refractivity contribution is 6.07. The Morgan fingerprint density at radius 2 is 0.779 bits per heavy atom. The molecule has 20 heteroatoms. The van der Waals surface area contributed by atoms with Crippen LogP contribution in [-0.2, 0) is 47.6 Å².